The number of amides is 1. The van der Waals surface area contributed by atoms with Gasteiger partial charge in [-0.1, -0.05) is 0 Å². The van der Waals surface area contributed by atoms with E-state index in [-0.39, 0.29) is 24.9 Å². The van der Waals surface area contributed by atoms with E-state index >= 15 is 0 Å². The van der Waals surface area contributed by atoms with E-state index in [4.69, 9.17) is 9.84 Å². The van der Waals surface area contributed by atoms with E-state index in [1.54, 1.807) is 30.3 Å². The lowest BCUT2D eigenvalue weighted by atomic mass is 10.1. The van der Waals surface area contributed by atoms with Gasteiger partial charge in [-0.2, -0.15) is 0 Å². The van der Waals surface area contributed by atoms with Crippen molar-refractivity contribution in [1.82, 2.24) is 0 Å². The molecule has 0 fully saturated rings. The third-order valence-electron chi connectivity index (χ3n) is 3.58. The number of ether oxygens (including phenoxy) is 1. The number of carbonyl (C=O) groups is 1. The van der Waals surface area contributed by atoms with Gasteiger partial charge in [0.1, 0.15) is 18.2 Å². The summed E-state index contributed by atoms with van der Waals surface area (Å²) in [5.74, 6) is 0.0857. The summed E-state index contributed by atoms with van der Waals surface area (Å²) < 4.78 is 19.5. The van der Waals surface area contributed by atoms with Gasteiger partial charge in [0, 0.05) is 10.4 Å². The van der Waals surface area contributed by atoms with Crippen LogP contribution in [0.25, 0.3) is 10.1 Å². The van der Waals surface area contributed by atoms with Crippen molar-refractivity contribution >= 4 is 33.0 Å². The normalized spacial score (nSPS) is 10.8. The number of anilines is 1. The van der Waals surface area contributed by atoms with Gasteiger partial charge in [0.25, 0.3) is 5.91 Å². The molecule has 0 radical (unpaired) electrons. The molecule has 2 N–H and O–H groups in total. The fourth-order valence-corrected chi connectivity index (χ4v) is 3.48. The number of hydrogen-bond acceptors (Lipinski definition) is 4. The van der Waals surface area contributed by atoms with Crippen LogP contribution in [0.1, 0.15) is 15.2 Å². The number of aryl methyl sites for hydroxylation is 1. The molecule has 1 heterocycles. The van der Waals surface area contributed by atoms with Gasteiger partial charge >= 0.3 is 0 Å². The predicted octanol–water partition coefficient (Wildman–Crippen LogP) is 3.97. The molecule has 4 nitrogen and oxygen atoms in total. The molecule has 1 amide bonds. The van der Waals surface area contributed by atoms with Gasteiger partial charge in [-0.25, -0.2) is 4.39 Å². The van der Waals surface area contributed by atoms with Crippen molar-refractivity contribution in [3.63, 3.8) is 0 Å². The van der Waals surface area contributed by atoms with Crippen molar-refractivity contribution in [3.05, 3.63) is 58.7 Å². The van der Waals surface area contributed by atoms with Crippen molar-refractivity contribution in [2.45, 2.75) is 6.92 Å². The van der Waals surface area contributed by atoms with Gasteiger partial charge in [0.05, 0.1) is 11.5 Å². The highest BCUT2D eigenvalue weighted by Gasteiger charge is 2.16. The number of aliphatic hydroxyl groups excluding tert-OH is 1. The van der Waals surface area contributed by atoms with E-state index in [9.17, 15) is 9.18 Å². The Hall–Kier alpha value is -2.44. The Kier molecular flexibility index (Phi) is 4.78. The molecule has 1 aromatic heterocycles. The van der Waals surface area contributed by atoms with Crippen molar-refractivity contribution in [3.8, 4) is 5.75 Å². The van der Waals surface area contributed by atoms with Crippen LogP contribution in [-0.4, -0.2) is 24.2 Å². The molecule has 2 aromatic carbocycles. The molecule has 0 atom stereocenters. The number of hydrogen-bond donors (Lipinski definition) is 2. The maximum atomic E-state index is 13.4. The van der Waals surface area contributed by atoms with Crippen molar-refractivity contribution in [2.75, 3.05) is 18.5 Å². The Morgan fingerprint density at radius 3 is 2.71 bits per heavy atom. The largest absolute Gasteiger partial charge is 0.491 e. The van der Waals surface area contributed by atoms with Gasteiger partial charge in [-0.3, -0.25) is 4.79 Å². The van der Waals surface area contributed by atoms with Gasteiger partial charge in [-0.15, -0.1) is 11.3 Å². The molecule has 0 bridgehead atoms. The molecular formula is C18H16FNO3S. The lowest BCUT2D eigenvalue weighted by Gasteiger charge is -2.07. The molecule has 0 spiro atoms. The van der Waals surface area contributed by atoms with Gasteiger partial charge in [0.15, 0.2) is 0 Å². The van der Waals surface area contributed by atoms with Crippen LogP contribution in [0.5, 0.6) is 5.75 Å². The zero-order valence-electron chi connectivity index (χ0n) is 13.0. The molecule has 3 rings (SSSR count). The SMILES string of the molecule is Cc1c(C(=O)Nc2ccc(OCCO)cc2)sc2ccc(F)cc12. The van der Waals surface area contributed by atoms with Crippen LogP contribution < -0.4 is 10.1 Å². The summed E-state index contributed by atoms with van der Waals surface area (Å²) in [5.41, 5.74) is 1.41. The minimum absolute atomic E-state index is 0.0513. The summed E-state index contributed by atoms with van der Waals surface area (Å²) in [4.78, 5) is 13.1. The van der Waals surface area contributed by atoms with Crippen LogP contribution in [0.15, 0.2) is 42.5 Å². The predicted molar refractivity (Wildman–Crippen MR) is 93.5 cm³/mol. The van der Waals surface area contributed by atoms with E-state index in [0.717, 1.165) is 15.6 Å². The molecule has 124 valence electrons. The van der Waals surface area contributed by atoms with Crippen molar-refractivity contribution in [1.29, 1.82) is 0 Å². The third kappa shape index (κ3) is 3.39. The van der Waals surface area contributed by atoms with Crippen LogP contribution in [0, 0.1) is 12.7 Å². The number of halogens is 1. The van der Waals surface area contributed by atoms with Gasteiger partial charge in [0.2, 0.25) is 0 Å². The smallest absolute Gasteiger partial charge is 0.266 e. The van der Waals surface area contributed by atoms with Gasteiger partial charge < -0.3 is 15.2 Å². The van der Waals surface area contributed by atoms with Gasteiger partial charge in [-0.05, 0) is 60.3 Å². The second kappa shape index (κ2) is 6.98. The monoisotopic (exact) mass is 345 g/mol. The number of thiophene rings is 1. The molecular weight excluding hydrogens is 329 g/mol. The van der Waals surface area contributed by atoms with Crippen LogP contribution in [-0.2, 0) is 0 Å². The molecule has 0 aliphatic carbocycles. The summed E-state index contributed by atoms with van der Waals surface area (Å²) in [7, 11) is 0. The average molecular weight is 345 g/mol. The molecule has 3 aromatic rings. The zero-order chi connectivity index (χ0) is 17.1. The molecule has 0 saturated heterocycles. The van der Waals surface area contributed by atoms with Crippen molar-refractivity contribution < 1.29 is 19.0 Å². The van der Waals surface area contributed by atoms with E-state index < -0.39 is 0 Å². The fourth-order valence-electron chi connectivity index (χ4n) is 2.40. The Labute approximate surface area is 142 Å². The standard InChI is InChI=1S/C18H16FNO3S/c1-11-15-10-12(19)2-7-16(15)24-17(11)18(22)20-13-3-5-14(6-4-13)23-9-8-21/h2-7,10,21H,8-9H2,1H3,(H,20,22). The number of nitrogens with one attached hydrogen (secondary N) is 1. The molecule has 0 unspecified atom stereocenters. The zero-order valence-corrected chi connectivity index (χ0v) is 13.8. The number of fused-ring (bicyclic) bond motifs is 1. The van der Waals surface area contributed by atoms with Crippen LogP contribution in [0.4, 0.5) is 10.1 Å². The molecule has 0 aliphatic heterocycles. The van der Waals surface area contributed by atoms with Crippen LogP contribution in [0.3, 0.4) is 0 Å². The first kappa shape index (κ1) is 16.4. The summed E-state index contributed by atoms with van der Waals surface area (Å²) in [5, 5.41) is 12.3. The first-order chi connectivity index (χ1) is 11.6. The second-order valence-corrected chi connectivity index (χ2v) is 6.30. The average Bonchev–Trinajstić information content (AvgIpc) is 2.91. The minimum Gasteiger partial charge on any atom is -0.491 e. The van der Waals surface area contributed by atoms with Crippen LogP contribution >= 0.6 is 11.3 Å². The first-order valence-corrected chi connectivity index (χ1v) is 8.24. The third-order valence-corrected chi connectivity index (χ3v) is 4.85. The molecule has 6 heteroatoms. The first-order valence-electron chi connectivity index (χ1n) is 7.42. The Morgan fingerprint density at radius 1 is 1.25 bits per heavy atom. The number of benzene rings is 2. The Bertz CT molecular complexity index is 874. The summed E-state index contributed by atoms with van der Waals surface area (Å²) in [6, 6.07) is 11.4. The van der Waals surface area contributed by atoms with Crippen LogP contribution in [0.2, 0.25) is 0 Å². The van der Waals surface area contributed by atoms with E-state index in [1.807, 2.05) is 6.92 Å². The molecule has 0 aliphatic rings. The quantitative estimate of drug-likeness (QED) is 0.735. The fraction of sp³-hybridized carbons (Fsp3) is 0.167. The Balaban J connectivity index is 1.78. The topological polar surface area (TPSA) is 58.6 Å². The number of aliphatic hydroxyl groups is 1. The minimum atomic E-state index is -0.311. The maximum absolute atomic E-state index is 13.4. The summed E-state index contributed by atoms with van der Waals surface area (Å²) in [6.07, 6.45) is 0. The van der Waals surface area contributed by atoms with E-state index in [2.05, 4.69) is 5.32 Å². The highest BCUT2D eigenvalue weighted by molar-refractivity contribution is 7.21. The van der Waals surface area contributed by atoms with Crippen molar-refractivity contribution in [2.24, 2.45) is 0 Å². The lowest BCUT2D eigenvalue weighted by molar-refractivity contribution is 0.103. The van der Waals surface area contributed by atoms with E-state index in [0.29, 0.717) is 16.3 Å². The molecule has 0 saturated carbocycles. The number of carbonyl (C=O) groups excluding carboxylic acids is 1. The maximum Gasteiger partial charge on any atom is 0.266 e. The number of rotatable bonds is 5. The second-order valence-electron chi connectivity index (χ2n) is 5.25. The van der Waals surface area contributed by atoms with E-state index in [1.165, 1.54) is 23.5 Å². The summed E-state index contributed by atoms with van der Waals surface area (Å²) >= 11 is 1.34. The highest BCUT2D eigenvalue weighted by Crippen LogP contribution is 2.32. The molecule has 24 heavy (non-hydrogen) atoms. The lowest BCUT2D eigenvalue weighted by Crippen LogP contribution is -2.11. The Morgan fingerprint density at radius 2 is 2.00 bits per heavy atom. The highest BCUT2D eigenvalue weighted by atomic mass is 32.1. The summed E-state index contributed by atoms with van der Waals surface area (Å²) in [6.45, 7) is 1.99.